The quantitative estimate of drug-likeness (QED) is 0.712. The smallest absolute Gasteiger partial charge is 0.255 e. The number of aromatic nitrogens is 1. The highest BCUT2D eigenvalue weighted by Crippen LogP contribution is 2.16. The summed E-state index contributed by atoms with van der Waals surface area (Å²) in [7, 11) is 0. The van der Waals surface area contributed by atoms with Gasteiger partial charge in [-0.15, -0.1) is 0 Å². The summed E-state index contributed by atoms with van der Waals surface area (Å²) in [5.41, 5.74) is 3.13. The maximum Gasteiger partial charge on any atom is 0.255 e. The van der Waals surface area contributed by atoms with Crippen LogP contribution in [0.3, 0.4) is 0 Å². The van der Waals surface area contributed by atoms with E-state index in [0.29, 0.717) is 27.5 Å². The minimum Gasteiger partial charge on any atom is -0.322 e. The molecular weight excluding hydrogens is 350 g/mol. The highest BCUT2D eigenvalue weighted by molar-refractivity contribution is 6.31. The van der Waals surface area contributed by atoms with Crippen molar-refractivity contribution in [2.24, 2.45) is 0 Å². The lowest BCUT2D eigenvalue weighted by atomic mass is 10.1. The fraction of sp³-hybridized carbons (Fsp3) is 0.0500. The molecule has 3 aromatic rings. The minimum atomic E-state index is -0.267. The second-order valence-electron chi connectivity index (χ2n) is 5.69. The molecule has 130 valence electrons. The maximum absolute atomic E-state index is 12.3. The van der Waals surface area contributed by atoms with Crippen LogP contribution < -0.4 is 10.6 Å². The Morgan fingerprint density at radius 3 is 2.35 bits per heavy atom. The molecule has 0 aliphatic carbocycles. The van der Waals surface area contributed by atoms with E-state index in [-0.39, 0.29) is 11.8 Å². The molecule has 0 aliphatic rings. The van der Waals surface area contributed by atoms with E-state index in [9.17, 15) is 9.59 Å². The number of rotatable bonds is 4. The molecule has 0 spiro atoms. The van der Waals surface area contributed by atoms with Crippen molar-refractivity contribution in [2.75, 3.05) is 10.6 Å². The van der Waals surface area contributed by atoms with E-state index in [4.69, 9.17) is 11.6 Å². The molecule has 0 unspecified atom stereocenters. The van der Waals surface area contributed by atoms with Gasteiger partial charge in [0.05, 0.1) is 0 Å². The molecule has 0 atom stereocenters. The van der Waals surface area contributed by atoms with Crippen molar-refractivity contribution in [3.8, 4) is 0 Å². The zero-order chi connectivity index (χ0) is 18.5. The number of nitrogens with zero attached hydrogens (tertiary/aromatic N) is 1. The van der Waals surface area contributed by atoms with Gasteiger partial charge in [0.25, 0.3) is 11.8 Å². The lowest BCUT2D eigenvalue weighted by Crippen LogP contribution is -2.14. The summed E-state index contributed by atoms with van der Waals surface area (Å²) >= 11 is 5.90. The number of benzene rings is 2. The molecule has 0 radical (unpaired) electrons. The molecule has 26 heavy (non-hydrogen) atoms. The predicted octanol–water partition coefficient (Wildman–Crippen LogP) is 4.55. The van der Waals surface area contributed by atoms with Gasteiger partial charge in [-0.1, -0.05) is 17.7 Å². The Kier molecular flexibility index (Phi) is 5.29. The SMILES string of the molecule is Cc1cnccc1NC(=O)c1ccc(NC(=O)c2cccc(Cl)c2)cc1. The number of nitrogens with one attached hydrogen (secondary N) is 2. The Hall–Kier alpha value is -3.18. The van der Waals surface area contributed by atoms with Crippen molar-refractivity contribution in [3.63, 3.8) is 0 Å². The van der Waals surface area contributed by atoms with E-state index in [1.54, 1.807) is 67.0 Å². The summed E-state index contributed by atoms with van der Waals surface area (Å²) in [5.74, 6) is -0.496. The second kappa shape index (κ2) is 7.80. The first kappa shape index (κ1) is 17.6. The largest absolute Gasteiger partial charge is 0.322 e. The molecule has 6 heteroatoms. The Balaban J connectivity index is 1.67. The van der Waals surface area contributed by atoms with Crippen molar-refractivity contribution < 1.29 is 9.59 Å². The summed E-state index contributed by atoms with van der Waals surface area (Å²) in [6.07, 6.45) is 3.31. The molecule has 0 bridgehead atoms. The summed E-state index contributed by atoms with van der Waals surface area (Å²) < 4.78 is 0. The van der Waals surface area contributed by atoms with E-state index in [0.717, 1.165) is 5.56 Å². The number of carbonyl (C=O) groups excluding carboxylic acids is 2. The predicted molar refractivity (Wildman–Crippen MR) is 103 cm³/mol. The van der Waals surface area contributed by atoms with Gasteiger partial charge >= 0.3 is 0 Å². The number of carbonyl (C=O) groups is 2. The number of halogens is 1. The monoisotopic (exact) mass is 365 g/mol. The first-order valence-corrected chi connectivity index (χ1v) is 8.30. The number of amides is 2. The van der Waals surface area contributed by atoms with Crippen molar-refractivity contribution in [1.82, 2.24) is 4.98 Å². The normalized spacial score (nSPS) is 10.2. The van der Waals surface area contributed by atoms with Crippen LogP contribution in [0.15, 0.2) is 67.0 Å². The fourth-order valence-electron chi connectivity index (χ4n) is 2.35. The Bertz CT molecular complexity index is 955. The first-order valence-electron chi connectivity index (χ1n) is 7.92. The number of aryl methyl sites for hydroxylation is 1. The maximum atomic E-state index is 12.3. The molecule has 0 aliphatic heterocycles. The van der Waals surface area contributed by atoms with E-state index in [1.807, 2.05) is 6.92 Å². The average molecular weight is 366 g/mol. The van der Waals surface area contributed by atoms with Crippen molar-refractivity contribution in [2.45, 2.75) is 6.92 Å². The summed E-state index contributed by atoms with van der Waals surface area (Å²) in [5, 5.41) is 6.11. The third-order valence-corrected chi connectivity index (χ3v) is 4.00. The Morgan fingerprint density at radius 2 is 1.65 bits per heavy atom. The van der Waals surface area contributed by atoms with Gasteiger partial charge in [0, 0.05) is 39.9 Å². The molecule has 3 rings (SSSR count). The summed E-state index contributed by atoms with van der Waals surface area (Å²) in [6, 6.07) is 15.1. The number of anilines is 2. The molecule has 0 fully saturated rings. The number of hydrogen-bond acceptors (Lipinski definition) is 3. The third kappa shape index (κ3) is 4.26. The summed E-state index contributed by atoms with van der Waals surface area (Å²) in [6.45, 7) is 1.87. The van der Waals surface area contributed by atoms with Crippen LogP contribution >= 0.6 is 11.6 Å². The van der Waals surface area contributed by atoms with Crippen LogP contribution in [0.25, 0.3) is 0 Å². The van der Waals surface area contributed by atoms with Crippen molar-refractivity contribution in [1.29, 1.82) is 0 Å². The lowest BCUT2D eigenvalue weighted by Gasteiger charge is -2.09. The molecular formula is C20H16ClN3O2. The van der Waals surface area contributed by atoms with Gasteiger partial charge in [0.15, 0.2) is 0 Å². The minimum absolute atomic E-state index is 0.230. The zero-order valence-corrected chi connectivity index (χ0v) is 14.7. The van der Waals surface area contributed by atoms with E-state index in [2.05, 4.69) is 15.6 Å². The van der Waals surface area contributed by atoms with E-state index >= 15 is 0 Å². The number of hydrogen-bond donors (Lipinski definition) is 2. The first-order chi connectivity index (χ1) is 12.5. The number of pyridine rings is 1. The second-order valence-corrected chi connectivity index (χ2v) is 6.12. The third-order valence-electron chi connectivity index (χ3n) is 3.76. The molecule has 0 saturated carbocycles. The molecule has 2 aromatic carbocycles. The van der Waals surface area contributed by atoms with Gasteiger partial charge in [-0.05, 0) is 61.0 Å². The standard InChI is InChI=1S/C20H16ClN3O2/c1-13-12-22-10-9-18(13)24-19(25)14-5-7-17(8-6-14)23-20(26)15-3-2-4-16(21)11-15/h2-12H,1H3,(H,23,26)(H,22,24,25). The Labute approximate surface area is 156 Å². The van der Waals surface area contributed by atoms with Crippen LogP contribution in [0.1, 0.15) is 26.3 Å². The van der Waals surface area contributed by atoms with Crippen LogP contribution in [0, 0.1) is 6.92 Å². The molecule has 5 nitrogen and oxygen atoms in total. The Morgan fingerprint density at radius 1 is 0.923 bits per heavy atom. The van der Waals surface area contributed by atoms with E-state index in [1.165, 1.54) is 0 Å². The molecule has 1 aromatic heterocycles. The van der Waals surface area contributed by atoms with Crippen LogP contribution in [0.5, 0.6) is 0 Å². The average Bonchev–Trinajstić information content (AvgIpc) is 2.64. The molecule has 2 N–H and O–H groups in total. The van der Waals surface area contributed by atoms with Gasteiger partial charge in [0.1, 0.15) is 0 Å². The topological polar surface area (TPSA) is 71.1 Å². The van der Waals surface area contributed by atoms with Gasteiger partial charge in [-0.3, -0.25) is 14.6 Å². The highest BCUT2D eigenvalue weighted by Gasteiger charge is 2.10. The lowest BCUT2D eigenvalue weighted by molar-refractivity contribution is 0.102. The van der Waals surface area contributed by atoms with Gasteiger partial charge in [0.2, 0.25) is 0 Å². The molecule has 1 heterocycles. The van der Waals surface area contributed by atoms with Crippen LogP contribution in [0.4, 0.5) is 11.4 Å². The van der Waals surface area contributed by atoms with Crippen LogP contribution in [-0.4, -0.2) is 16.8 Å². The highest BCUT2D eigenvalue weighted by atomic mass is 35.5. The van der Waals surface area contributed by atoms with Gasteiger partial charge in [-0.25, -0.2) is 0 Å². The fourth-order valence-corrected chi connectivity index (χ4v) is 2.54. The molecule has 2 amide bonds. The van der Waals surface area contributed by atoms with Crippen LogP contribution in [0.2, 0.25) is 5.02 Å². The van der Waals surface area contributed by atoms with E-state index < -0.39 is 0 Å². The van der Waals surface area contributed by atoms with Crippen LogP contribution in [-0.2, 0) is 0 Å². The van der Waals surface area contributed by atoms with Gasteiger partial charge in [-0.2, -0.15) is 0 Å². The summed E-state index contributed by atoms with van der Waals surface area (Å²) in [4.78, 5) is 28.5. The van der Waals surface area contributed by atoms with Crippen molar-refractivity contribution in [3.05, 3.63) is 88.7 Å². The zero-order valence-electron chi connectivity index (χ0n) is 14.0. The van der Waals surface area contributed by atoms with Gasteiger partial charge < -0.3 is 10.6 Å². The van der Waals surface area contributed by atoms with Crippen molar-refractivity contribution >= 4 is 34.8 Å². The molecule has 0 saturated heterocycles.